The summed E-state index contributed by atoms with van der Waals surface area (Å²) in [5.41, 5.74) is 1.13. The van der Waals surface area contributed by atoms with Gasteiger partial charge in [-0.1, -0.05) is 32.9 Å². The summed E-state index contributed by atoms with van der Waals surface area (Å²) in [6.45, 7) is 6.82. The number of nitrogens with zero attached hydrogens (tertiary/aromatic N) is 1. The molecule has 0 unspecified atom stereocenters. The second-order valence-electron chi connectivity index (χ2n) is 7.14. The topological polar surface area (TPSA) is 86.7 Å². The van der Waals surface area contributed by atoms with E-state index in [0.717, 1.165) is 12.0 Å². The number of aliphatic carboxylic acids is 1. The Kier molecular flexibility index (Phi) is 6.59. The Bertz CT molecular complexity index is 680. The Balaban J connectivity index is 1.91. The minimum absolute atomic E-state index is 0.00203. The first kappa shape index (κ1) is 19.9. The zero-order valence-electron chi connectivity index (χ0n) is 15.1. The van der Waals surface area contributed by atoms with Crippen molar-refractivity contribution in [1.29, 1.82) is 0 Å². The predicted molar refractivity (Wildman–Crippen MR) is 97.0 cm³/mol. The van der Waals surface area contributed by atoms with Gasteiger partial charge < -0.3 is 5.11 Å². The highest BCUT2D eigenvalue weighted by Crippen LogP contribution is 2.27. The second-order valence-corrected chi connectivity index (χ2v) is 8.86. The van der Waals surface area contributed by atoms with Crippen LogP contribution in [0.1, 0.15) is 39.2 Å². The van der Waals surface area contributed by atoms with Gasteiger partial charge in [-0.15, -0.1) is 0 Å². The molecule has 1 saturated carbocycles. The van der Waals surface area contributed by atoms with Gasteiger partial charge in [-0.25, -0.2) is 13.1 Å². The maximum absolute atomic E-state index is 12.5. The molecule has 0 spiro atoms. The summed E-state index contributed by atoms with van der Waals surface area (Å²) in [7, 11) is -3.53. The number of hydrogen-bond donors (Lipinski definition) is 2. The van der Waals surface area contributed by atoms with Gasteiger partial charge >= 0.3 is 5.97 Å². The molecule has 1 fully saturated rings. The normalized spacial score (nSPS) is 20.7. The fraction of sp³-hybridized carbons (Fsp3) is 0.611. The fourth-order valence-electron chi connectivity index (χ4n) is 3.22. The Morgan fingerprint density at radius 3 is 2.36 bits per heavy atom. The first-order valence-electron chi connectivity index (χ1n) is 8.78. The Labute approximate surface area is 150 Å². The Hall–Kier alpha value is -1.44. The summed E-state index contributed by atoms with van der Waals surface area (Å²) in [5.74, 6) is -0.327. The average Bonchev–Trinajstić information content (AvgIpc) is 2.48. The van der Waals surface area contributed by atoms with Crippen molar-refractivity contribution in [2.24, 2.45) is 5.92 Å². The molecule has 0 bridgehead atoms. The third-order valence-corrected chi connectivity index (χ3v) is 6.11. The first-order valence-corrected chi connectivity index (χ1v) is 10.3. The molecule has 1 aromatic carbocycles. The van der Waals surface area contributed by atoms with Crippen molar-refractivity contribution < 1.29 is 18.3 Å². The predicted octanol–water partition coefficient (Wildman–Crippen LogP) is 2.10. The van der Waals surface area contributed by atoms with Gasteiger partial charge in [0.05, 0.1) is 11.4 Å². The second kappa shape index (κ2) is 8.29. The maximum atomic E-state index is 12.5. The highest BCUT2D eigenvalue weighted by atomic mass is 32.2. The summed E-state index contributed by atoms with van der Waals surface area (Å²) < 4.78 is 27.7. The fourth-order valence-corrected chi connectivity index (χ4v) is 4.48. The van der Waals surface area contributed by atoms with Crippen molar-refractivity contribution in [3.8, 4) is 0 Å². The smallest absolute Gasteiger partial charge is 0.317 e. The third kappa shape index (κ3) is 5.52. The zero-order chi connectivity index (χ0) is 18.6. The van der Waals surface area contributed by atoms with Gasteiger partial charge in [0.2, 0.25) is 10.0 Å². The molecule has 0 radical (unpaired) electrons. The van der Waals surface area contributed by atoms with Crippen LogP contribution < -0.4 is 4.72 Å². The number of benzene rings is 1. The molecule has 0 aromatic heterocycles. The van der Waals surface area contributed by atoms with Gasteiger partial charge in [-0.05, 0) is 49.4 Å². The van der Waals surface area contributed by atoms with Gasteiger partial charge in [0.15, 0.2) is 0 Å². The minimum atomic E-state index is -3.53. The Morgan fingerprint density at radius 2 is 1.88 bits per heavy atom. The molecule has 0 saturated heterocycles. The molecule has 2 rings (SSSR count). The van der Waals surface area contributed by atoms with E-state index in [0.29, 0.717) is 25.3 Å². The first-order chi connectivity index (χ1) is 11.7. The molecule has 0 amide bonds. The molecule has 0 aliphatic heterocycles. The SMILES string of the molecule is CCN(CC(=O)O)C1CC(NS(=O)(=O)c2ccc(CC(C)C)cc2)C1. The van der Waals surface area contributed by atoms with Gasteiger partial charge in [0.1, 0.15) is 0 Å². The lowest BCUT2D eigenvalue weighted by atomic mass is 9.86. The molecular formula is C18H28N2O4S. The quantitative estimate of drug-likeness (QED) is 0.697. The number of carboxylic acid groups (broad SMARTS) is 1. The van der Waals surface area contributed by atoms with Gasteiger partial charge in [0, 0.05) is 12.1 Å². The molecule has 6 nitrogen and oxygen atoms in total. The van der Waals surface area contributed by atoms with Crippen LogP contribution in [0.5, 0.6) is 0 Å². The number of likely N-dealkylation sites (N-methyl/N-ethyl adjacent to an activating group) is 1. The van der Waals surface area contributed by atoms with Crippen LogP contribution >= 0.6 is 0 Å². The third-order valence-electron chi connectivity index (χ3n) is 4.57. The molecule has 1 aliphatic carbocycles. The standard InChI is InChI=1S/C18H28N2O4S/c1-4-20(12-18(21)22)16-10-15(11-16)19-25(23,24)17-7-5-14(6-8-17)9-13(2)3/h5-8,13,15-16,19H,4,9-12H2,1-3H3,(H,21,22). The van der Waals surface area contributed by atoms with Crippen molar-refractivity contribution >= 4 is 16.0 Å². The van der Waals surface area contributed by atoms with Crippen LogP contribution in [0.15, 0.2) is 29.2 Å². The van der Waals surface area contributed by atoms with Gasteiger partial charge in [-0.2, -0.15) is 0 Å². The molecule has 7 heteroatoms. The van der Waals surface area contributed by atoms with Crippen LogP contribution in [0.3, 0.4) is 0 Å². The number of nitrogens with one attached hydrogen (secondary N) is 1. The van der Waals surface area contributed by atoms with E-state index in [9.17, 15) is 13.2 Å². The van der Waals surface area contributed by atoms with Crippen LogP contribution in [0.4, 0.5) is 0 Å². The number of hydrogen-bond acceptors (Lipinski definition) is 4. The highest BCUT2D eigenvalue weighted by molar-refractivity contribution is 7.89. The van der Waals surface area contributed by atoms with E-state index >= 15 is 0 Å². The van der Waals surface area contributed by atoms with Crippen molar-refractivity contribution in [3.63, 3.8) is 0 Å². The van der Waals surface area contributed by atoms with E-state index in [-0.39, 0.29) is 23.5 Å². The minimum Gasteiger partial charge on any atom is -0.480 e. The van der Waals surface area contributed by atoms with Crippen molar-refractivity contribution in [3.05, 3.63) is 29.8 Å². The van der Waals surface area contributed by atoms with Crippen LogP contribution in [0.25, 0.3) is 0 Å². The Morgan fingerprint density at radius 1 is 1.28 bits per heavy atom. The number of carbonyl (C=O) groups is 1. The molecule has 25 heavy (non-hydrogen) atoms. The number of carboxylic acids is 1. The largest absolute Gasteiger partial charge is 0.480 e. The van der Waals surface area contributed by atoms with E-state index in [2.05, 4.69) is 18.6 Å². The van der Waals surface area contributed by atoms with Crippen molar-refractivity contribution in [2.75, 3.05) is 13.1 Å². The van der Waals surface area contributed by atoms with E-state index in [1.165, 1.54) is 0 Å². The number of rotatable bonds is 9. The molecule has 0 atom stereocenters. The molecule has 2 N–H and O–H groups in total. The van der Waals surface area contributed by atoms with Gasteiger partial charge in [-0.3, -0.25) is 9.69 Å². The summed E-state index contributed by atoms with van der Waals surface area (Å²) in [5, 5.41) is 8.91. The maximum Gasteiger partial charge on any atom is 0.317 e. The summed E-state index contributed by atoms with van der Waals surface area (Å²) >= 11 is 0. The van der Waals surface area contributed by atoms with Crippen LogP contribution in [0.2, 0.25) is 0 Å². The van der Waals surface area contributed by atoms with Crippen LogP contribution in [0, 0.1) is 5.92 Å². The van der Waals surface area contributed by atoms with E-state index in [4.69, 9.17) is 5.11 Å². The molecule has 0 heterocycles. The molecule has 1 aromatic rings. The lowest BCUT2D eigenvalue weighted by Gasteiger charge is -2.42. The zero-order valence-corrected chi connectivity index (χ0v) is 15.9. The van der Waals surface area contributed by atoms with Crippen molar-refractivity contribution in [2.45, 2.75) is 57.0 Å². The van der Waals surface area contributed by atoms with Crippen LogP contribution in [-0.2, 0) is 21.2 Å². The van der Waals surface area contributed by atoms with E-state index < -0.39 is 16.0 Å². The molecule has 1 aliphatic rings. The average molecular weight is 368 g/mol. The summed E-state index contributed by atoms with van der Waals surface area (Å²) in [6, 6.07) is 7.03. The van der Waals surface area contributed by atoms with E-state index in [1.807, 2.05) is 24.0 Å². The monoisotopic (exact) mass is 368 g/mol. The van der Waals surface area contributed by atoms with E-state index in [1.54, 1.807) is 12.1 Å². The van der Waals surface area contributed by atoms with Gasteiger partial charge in [0.25, 0.3) is 0 Å². The number of sulfonamides is 1. The lowest BCUT2D eigenvalue weighted by Crippen LogP contribution is -2.54. The summed E-state index contributed by atoms with van der Waals surface area (Å²) in [6.07, 6.45) is 2.21. The molecular weight excluding hydrogens is 340 g/mol. The van der Waals surface area contributed by atoms with Crippen LogP contribution in [-0.4, -0.2) is 49.6 Å². The molecule has 140 valence electrons. The highest BCUT2D eigenvalue weighted by Gasteiger charge is 2.36. The summed E-state index contributed by atoms with van der Waals surface area (Å²) in [4.78, 5) is 13.0. The van der Waals surface area contributed by atoms with Crippen molar-refractivity contribution in [1.82, 2.24) is 9.62 Å². The lowest BCUT2D eigenvalue weighted by molar-refractivity contribution is -0.139.